The van der Waals surface area contributed by atoms with Gasteiger partial charge in [-0.3, -0.25) is 10.2 Å². The van der Waals surface area contributed by atoms with Crippen LogP contribution in [0.5, 0.6) is 0 Å². The molecule has 1 atom stereocenters. The molecule has 2 heterocycles. The second-order valence-electron chi connectivity index (χ2n) is 4.30. The molecule has 2 aliphatic rings. The van der Waals surface area contributed by atoms with Crippen LogP contribution < -0.4 is 10.7 Å². The van der Waals surface area contributed by atoms with Gasteiger partial charge in [-0.1, -0.05) is 0 Å². The smallest absolute Gasteiger partial charge is 0.234 e. The van der Waals surface area contributed by atoms with Gasteiger partial charge in [0.25, 0.3) is 0 Å². The van der Waals surface area contributed by atoms with Gasteiger partial charge >= 0.3 is 0 Å². The lowest BCUT2D eigenvalue weighted by atomic mass is 9.99. The minimum Gasteiger partial charge on any atom is -0.316 e. The fourth-order valence-corrected chi connectivity index (χ4v) is 2.25. The molecule has 1 amide bonds. The second kappa shape index (κ2) is 4.75. The maximum atomic E-state index is 11.1. The fourth-order valence-electron chi connectivity index (χ4n) is 2.25. The van der Waals surface area contributed by atoms with E-state index in [9.17, 15) is 4.79 Å². The third-order valence-corrected chi connectivity index (χ3v) is 2.99. The van der Waals surface area contributed by atoms with Crippen LogP contribution in [0.15, 0.2) is 0 Å². The Hall–Kier alpha value is -0.610. The Balaban J connectivity index is 1.75. The van der Waals surface area contributed by atoms with E-state index >= 15 is 0 Å². The zero-order chi connectivity index (χ0) is 9.80. The number of nitrogens with one attached hydrogen (secondary N) is 2. The molecular formula is C10H19N3O. The number of hydrogen-bond acceptors (Lipinski definition) is 3. The van der Waals surface area contributed by atoms with E-state index in [-0.39, 0.29) is 5.91 Å². The fraction of sp³-hybridized carbons (Fsp3) is 0.900. The summed E-state index contributed by atoms with van der Waals surface area (Å²) >= 11 is 0. The summed E-state index contributed by atoms with van der Waals surface area (Å²) in [6, 6.07) is 0. The van der Waals surface area contributed by atoms with Gasteiger partial charge in [-0.05, 0) is 38.3 Å². The second-order valence-corrected chi connectivity index (χ2v) is 4.30. The van der Waals surface area contributed by atoms with Gasteiger partial charge in [0.2, 0.25) is 5.91 Å². The van der Waals surface area contributed by atoms with E-state index in [0.717, 1.165) is 32.6 Å². The molecule has 0 radical (unpaired) electrons. The molecule has 4 heteroatoms. The lowest BCUT2D eigenvalue weighted by Crippen LogP contribution is -2.50. The van der Waals surface area contributed by atoms with E-state index in [1.807, 2.05) is 0 Å². The minimum atomic E-state index is 0.181. The van der Waals surface area contributed by atoms with Gasteiger partial charge in [-0.2, -0.15) is 0 Å². The monoisotopic (exact) mass is 197 g/mol. The third kappa shape index (κ3) is 2.69. The molecule has 0 aromatic carbocycles. The summed E-state index contributed by atoms with van der Waals surface area (Å²) in [5.41, 5.74) is 2.93. The van der Waals surface area contributed by atoms with Crippen LogP contribution in [0.4, 0.5) is 0 Å². The molecule has 0 aromatic heterocycles. The van der Waals surface area contributed by atoms with Gasteiger partial charge in [-0.15, -0.1) is 0 Å². The molecule has 2 rings (SSSR count). The van der Waals surface area contributed by atoms with Crippen LogP contribution in [0.1, 0.15) is 25.7 Å². The van der Waals surface area contributed by atoms with Gasteiger partial charge in [0.1, 0.15) is 0 Å². The van der Waals surface area contributed by atoms with Crippen LogP contribution in [-0.2, 0) is 4.79 Å². The molecule has 0 bridgehead atoms. The SMILES string of the molecule is O=C1CCCN(CC2CCCNC2)N1. The predicted octanol–water partition coefficient (Wildman–Crippen LogP) is 0.113. The van der Waals surface area contributed by atoms with E-state index in [1.165, 1.54) is 12.8 Å². The molecule has 14 heavy (non-hydrogen) atoms. The van der Waals surface area contributed by atoms with Crippen LogP contribution in [0, 0.1) is 5.92 Å². The van der Waals surface area contributed by atoms with Gasteiger partial charge < -0.3 is 5.32 Å². The number of carbonyl (C=O) groups excluding carboxylic acids is 1. The first-order valence-corrected chi connectivity index (χ1v) is 5.60. The largest absolute Gasteiger partial charge is 0.316 e. The first-order chi connectivity index (χ1) is 6.84. The zero-order valence-corrected chi connectivity index (χ0v) is 8.59. The topological polar surface area (TPSA) is 44.4 Å². The number of rotatable bonds is 2. The molecular weight excluding hydrogens is 178 g/mol. The Bertz CT molecular complexity index is 202. The van der Waals surface area contributed by atoms with Gasteiger partial charge in [0.05, 0.1) is 0 Å². The highest BCUT2D eigenvalue weighted by molar-refractivity contribution is 5.75. The zero-order valence-electron chi connectivity index (χ0n) is 8.59. The average molecular weight is 197 g/mol. The Morgan fingerprint density at radius 1 is 1.43 bits per heavy atom. The minimum absolute atomic E-state index is 0.181. The summed E-state index contributed by atoms with van der Waals surface area (Å²) in [6.07, 6.45) is 4.26. The summed E-state index contributed by atoms with van der Waals surface area (Å²) in [5.74, 6) is 0.891. The molecule has 0 saturated carbocycles. The molecule has 0 spiro atoms. The van der Waals surface area contributed by atoms with Crippen molar-refractivity contribution in [1.82, 2.24) is 15.8 Å². The van der Waals surface area contributed by atoms with Crippen molar-refractivity contribution in [2.45, 2.75) is 25.7 Å². The lowest BCUT2D eigenvalue weighted by Gasteiger charge is -2.32. The van der Waals surface area contributed by atoms with Crippen molar-refractivity contribution < 1.29 is 4.79 Å². The summed E-state index contributed by atoms with van der Waals surface area (Å²) < 4.78 is 0. The predicted molar refractivity (Wildman–Crippen MR) is 54.5 cm³/mol. The van der Waals surface area contributed by atoms with Crippen LogP contribution in [0.25, 0.3) is 0 Å². The van der Waals surface area contributed by atoms with Gasteiger partial charge in [0.15, 0.2) is 0 Å². The van der Waals surface area contributed by atoms with E-state index < -0.39 is 0 Å². The molecule has 2 aliphatic heterocycles. The third-order valence-electron chi connectivity index (χ3n) is 2.99. The summed E-state index contributed by atoms with van der Waals surface area (Å²) in [6.45, 7) is 4.29. The maximum absolute atomic E-state index is 11.1. The number of hydrazine groups is 1. The average Bonchev–Trinajstić information content (AvgIpc) is 2.19. The highest BCUT2D eigenvalue weighted by atomic mass is 16.2. The van der Waals surface area contributed by atoms with E-state index in [2.05, 4.69) is 15.8 Å². The molecule has 2 saturated heterocycles. The van der Waals surface area contributed by atoms with Gasteiger partial charge in [-0.25, -0.2) is 5.01 Å². The summed E-state index contributed by atoms with van der Waals surface area (Å²) in [5, 5.41) is 5.48. The number of carbonyl (C=O) groups is 1. The number of amides is 1. The molecule has 2 N–H and O–H groups in total. The van der Waals surface area contributed by atoms with Crippen molar-refractivity contribution in [1.29, 1.82) is 0 Å². The van der Waals surface area contributed by atoms with Crippen LogP contribution in [0.3, 0.4) is 0 Å². The van der Waals surface area contributed by atoms with E-state index in [1.54, 1.807) is 0 Å². The highest BCUT2D eigenvalue weighted by Crippen LogP contribution is 2.12. The van der Waals surface area contributed by atoms with E-state index in [4.69, 9.17) is 0 Å². The van der Waals surface area contributed by atoms with Crippen molar-refractivity contribution in [2.24, 2.45) is 5.92 Å². The molecule has 0 aliphatic carbocycles. The molecule has 2 fully saturated rings. The number of piperidine rings is 1. The maximum Gasteiger partial charge on any atom is 0.234 e. The van der Waals surface area contributed by atoms with Crippen molar-refractivity contribution >= 4 is 5.91 Å². The van der Waals surface area contributed by atoms with Crippen molar-refractivity contribution in [3.63, 3.8) is 0 Å². The van der Waals surface area contributed by atoms with Crippen molar-refractivity contribution in [2.75, 3.05) is 26.2 Å². The van der Waals surface area contributed by atoms with Crippen molar-refractivity contribution in [3.05, 3.63) is 0 Å². The molecule has 1 unspecified atom stereocenters. The van der Waals surface area contributed by atoms with Crippen LogP contribution >= 0.6 is 0 Å². The highest BCUT2D eigenvalue weighted by Gasteiger charge is 2.20. The first kappa shape index (κ1) is 9.93. The van der Waals surface area contributed by atoms with Crippen LogP contribution in [-0.4, -0.2) is 37.1 Å². The Labute approximate surface area is 85.0 Å². The Kier molecular flexibility index (Phi) is 3.37. The Morgan fingerprint density at radius 3 is 3.07 bits per heavy atom. The summed E-state index contributed by atoms with van der Waals surface area (Å²) in [4.78, 5) is 11.1. The quantitative estimate of drug-likeness (QED) is 0.660. The molecule has 80 valence electrons. The van der Waals surface area contributed by atoms with Crippen molar-refractivity contribution in [3.8, 4) is 0 Å². The normalized spacial score (nSPS) is 30.0. The van der Waals surface area contributed by atoms with E-state index in [0.29, 0.717) is 12.3 Å². The Morgan fingerprint density at radius 2 is 2.36 bits per heavy atom. The number of nitrogens with zero attached hydrogens (tertiary/aromatic N) is 1. The number of hydrogen-bond donors (Lipinski definition) is 2. The molecule has 4 nitrogen and oxygen atoms in total. The van der Waals surface area contributed by atoms with Crippen LogP contribution in [0.2, 0.25) is 0 Å². The summed E-state index contributed by atoms with van der Waals surface area (Å²) in [7, 11) is 0. The standard InChI is InChI=1S/C10H19N3O/c14-10-4-2-6-13(12-10)8-9-3-1-5-11-7-9/h9,11H,1-8H2,(H,12,14). The molecule has 0 aromatic rings. The van der Waals surface area contributed by atoms with Gasteiger partial charge in [0, 0.05) is 19.5 Å². The lowest BCUT2D eigenvalue weighted by molar-refractivity contribution is -0.129. The first-order valence-electron chi connectivity index (χ1n) is 5.60.